The quantitative estimate of drug-likeness (QED) is 0.737. The van der Waals surface area contributed by atoms with Crippen molar-refractivity contribution in [3.8, 4) is 5.75 Å². The third-order valence-electron chi connectivity index (χ3n) is 7.52. The van der Waals surface area contributed by atoms with E-state index in [4.69, 9.17) is 9.84 Å². The first-order valence-corrected chi connectivity index (χ1v) is 11.6. The van der Waals surface area contributed by atoms with Crippen molar-refractivity contribution in [2.24, 2.45) is 0 Å². The van der Waals surface area contributed by atoms with Crippen molar-refractivity contribution in [3.63, 3.8) is 0 Å². The molecule has 0 saturated carbocycles. The van der Waals surface area contributed by atoms with E-state index in [-0.39, 0.29) is 12.0 Å². The summed E-state index contributed by atoms with van der Waals surface area (Å²) in [6.45, 7) is 9.68. The lowest BCUT2D eigenvalue weighted by Crippen LogP contribution is -2.37. The highest BCUT2D eigenvalue weighted by molar-refractivity contribution is 5.97. The highest BCUT2D eigenvalue weighted by atomic mass is 16.5. The molecule has 0 aliphatic carbocycles. The predicted molar refractivity (Wildman–Crippen MR) is 126 cm³/mol. The van der Waals surface area contributed by atoms with E-state index in [0.29, 0.717) is 30.4 Å². The molecular formula is C25H33N5O2. The fraction of sp³-hybridized carbons (Fsp3) is 0.520. The van der Waals surface area contributed by atoms with Crippen LogP contribution in [0.2, 0.25) is 0 Å². The molecule has 7 nitrogen and oxygen atoms in total. The van der Waals surface area contributed by atoms with Crippen LogP contribution in [0.3, 0.4) is 0 Å². The number of benzene rings is 1. The molecule has 3 aliphatic heterocycles. The van der Waals surface area contributed by atoms with Crippen molar-refractivity contribution in [1.82, 2.24) is 19.6 Å². The van der Waals surface area contributed by atoms with Crippen LogP contribution < -0.4 is 9.64 Å². The van der Waals surface area contributed by atoms with Crippen LogP contribution in [0.4, 0.5) is 5.82 Å². The molecular weight excluding hydrogens is 402 g/mol. The number of aromatic nitrogens is 2. The van der Waals surface area contributed by atoms with Crippen LogP contribution in [0.15, 0.2) is 29.8 Å². The minimum Gasteiger partial charge on any atom is -0.489 e. The predicted octanol–water partition coefficient (Wildman–Crippen LogP) is 3.60. The minimum atomic E-state index is 0.0141. The van der Waals surface area contributed by atoms with Gasteiger partial charge in [0.05, 0.1) is 30.4 Å². The van der Waals surface area contributed by atoms with E-state index in [0.717, 1.165) is 43.0 Å². The molecule has 1 amide bonds. The van der Waals surface area contributed by atoms with Gasteiger partial charge < -0.3 is 19.4 Å². The summed E-state index contributed by atoms with van der Waals surface area (Å²) in [5, 5.41) is 4.88. The summed E-state index contributed by atoms with van der Waals surface area (Å²) in [5.74, 6) is 1.82. The Kier molecular flexibility index (Phi) is 5.24. The molecule has 1 aromatic heterocycles. The van der Waals surface area contributed by atoms with Gasteiger partial charge in [-0.1, -0.05) is 12.1 Å². The number of piperidine rings is 1. The molecule has 0 N–H and O–H groups in total. The van der Waals surface area contributed by atoms with Gasteiger partial charge in [0.1, 0.15) is 17.7 Å². The zero-order chi connectivity index (χ0) is 22.6. The van der Waals surface area contributed by atoms with Crippen LogP contribution in [0, 0.1) is 0 Å². The number of rotatable bonds is 3. The third-order valence-corrected chi connectivity index (χ3v) is 7.52. The molecule has 170 valence electrons. The molecule has 32 heavy (non-hydrogen) atoms. The number of carbonyl (C=O) groups is 1. The monoisotopic (exact) mass is 435 g/mol. The number of carbonyl (C=O) groups excluding carboxylic acids is 1. The van der Waals surface area contributed by atoms with Crippen molar-refractivity contribution in [1.29, 1.82) is 0 Å². The van der Waals surface area contributed by atoms with Gasteiger partial charge in [-0.2, -0.15) is 5.10 Å². The summed E-state index contributed by atoms with van der Waals surface area (Å²) < 4.78 is 8.37. The second-order valence-electron chi connectivity index (χ2n) is 9.49. The lowest BCUT2D eigenvalue weighted by Gasteiger charge is -2.35. The number of fused-ring (bicyclic) bond motifs is 3. The maximum atomic E-state index is 13.5. The molecule has 1 atom stereocenters. The molecule has 0 radical (unpaired) electrons. The van der Waals surface area contributed by atoms with E-state index in [9.17, 15) is 4.79 Å². The summed E-state index contributed by atoms with van der Waals surface area (Å²) in [6.07, 6.45) is 2.14. The number of likely N-dealkylation sites (N-methyl/N-ethyl adjacent to an activating group) is 1. The zero-order valence-corrected chi connectivity index (χ0v) is 19.8. The van der Waals surface area contributed by atoms with E-state index in [2.05, 4.69) is 49.3 Å². The number of hydrogen-bond acceptors (Lipinski definition) is 5. The SMILES string of the molecule is CC1=C(C)n2nc3c(c2N(C)C1C)CN(C(=O)c1ccccc1OC1CCN(C)CC1)C3. The number of anilines is 1. The van der Waals surface area contributed by atoms with E-state index in [1.165, 1.54) is 11.3 Å². The Balaban J connectivity index is 1.37. The van der Waals surface area contributed by atoms with E-state index in [1.54, 1.807) is 0 Å². The van der Waals surface area contributed by atoms with Gasteiger partial charge in [0.2, 0.25) is 0 Å². The Morgan fingerprint density at radius 2 is 1.81 bits per heavy atom. The highest BCUT2D eigenvalue weighted by Gasteiger charge is 2.36. The van der Waals surface area contributed by atoms with Gasteiger partial charge in [0, 0.05) is 31.4 Å². The van der Waals surface area contributed by atoms with Gasteiger partial charge in [0.15, 0.2) is 0 Å². The molecule has 1 aromatic carbocycles. The van der Waals surface area contributed by atoms with Gasteiger partial charge in [-0.25, -0.2) is 4.68 Å². The number of likely N-dealkylation sites (tertiary alicyclic amines) is 1. The van der Waals surface area contributed by atoms with Crippen molar-refractivity contribution in [3.05, 3.63) is 46.7 Å². The number of allylic oxidation sites excluding steroid dienone is 1. The first-order valence-electron chi connectivity index (χ1n) is 11.6. The Morgan fingerprint density at radius 3 is 2.56 bits per heavy atom. The standard InChI is InChI=1S/C25H33N5O2/c1-16-17(2)28(5)24-21-14-29(15-22(21)26-30(24)18(16)3)25(31)20-8-6-7-9-23(20)32-19-10-12-27(4)13-11-19/h6-9,17,19H,10-15H2,1-5H3. The fourth-order valence-electron chi connectivity index (χ4n) is 5.08. The number of nitrogens with zero attached hydrogens (tertiary/aromatic N) is 5. The average molecular weight is 436 g/mol. The van der Waals surface area contributed by atoms with Crippen molar-refractivity contribution in [2.45, 2.75) is 58.8 Å². The molecule has 5 rings (SSSR count). The van der Waals surface area contributed by atoms with Gasteiger partial charge in [-0.05, 0) is 58.4 Å². The number of para-hydroxylation sites is 1. The summed E-state index contributed by atoms with van der Waals surface area (Å²) in [5.41, 5.74) is 5.32. The average Bonchev–Trinajstić information content (AvgIpc) is 3.36. The van der Waals surface area contributed by atoms with E-state index < -0.39 is 0 Å². The van der Waals surface area contributed by atoms with Crippen LogP contribution in [0.5, 0.6) is 5.75 Å². The van der Waals surface area contributed by atoms with Crippen molar-refractivity contribution < 1.29 is 9.53 Å². The molecule has 3 aliphatic rings. The lowest BCUT2D eigenvalue weighted by atomic mass is 10.0. The van der Waals surface area contributed by atoms with Crippen LogP contribution in [-0.2, 0) is 13.1 Å². The normalized spacial score (nSPS) is 21.7. The minimum absolute atomic E-state index is 0.0141. The van der Waals surface area contributed by atoms with Gasteiger partial charge in [-0.3, -0.25) is 4.79 Å². The van der Waals surface area contributed by atoms with Crippen LogP contribution in [0.1, 0.15) is 55.2 Å². The topological polar surface area (TPSA) is 53.8 Å². The molecule has 4 heterocycles. The number of amides is 1. The molecule has 2 aromatic rings. The Hall–Kier alpha value is -2.80. The molecule has 7 heteroatoms. The first kappa shape index (κ1) is 21.1. The summed E-state index contributed by atoms with van der Waals surface area (Å²) in [7, 11) is 4.25. The maximum absolute atomic E-state index is 13.5. The lowest BCUT2D eigenvalue weighted by molar-refractivity contribution is 0.0732. The second-order valence-corrected chi connectivity index (χ2v) is 9.49. The summed E-state index contributed by atoms with van der Waals surface area (Å²) in [4.78, 5) is 20.0. The van der Waals surface area contributed by atoms with Gasteiger partial charge >= 0.3 is 0 Å². The maximum Gasteiger partial charge on any atom is 0.258 e. The summed E-state index contributed by atoms with van der Waals surface area (Å²) >= 11 is 0. The second kappa shape index (κ2) is 7.96. The van der Waals surface area contributed by atoms with Crippen LogP contribution in [0.25, 0.3) is 5.70 Å². The summed E-state index contributed by atoms with van der Waals surface area (Å²) in [6, 6.07) is 7.99. The molecule has 1 saturated heterocycles. The fourth-order valence-corrected chi connectivity index (χ4v) is 5.08. The third kappa shape index (κ3) is 3.39. The molecule has 1 unspecified atom stereocenters. The number of ether oxygens (including phenoxy) is 1. The zero-order valence-electron chi connectivity index (χ0n) is 19.8. The smallest absolute Gasteiger partial charge is 0.258 e. The van der Waals surface area contributed by atoms with Gasteiger partial charge in [-0.15, -0.1) is 0 Å². The Morgan fingerprint density at radius 1 is 1.09 bits per heavy atom. The van der Waals surface area contributed by atoms with E-state index >= 15 is 0 Å². The van der Waals surface area contributed by atoms with E-state index in [1.807, 2.05) is 29.2 Å². The molecule has 1 fully saturated rings. The molecule has 0 bridgehead atoms. The largest absolute Gasteiger partial charge is 0.489 e. The Bertz CT molecular complexity index is 1080. The van der Waals surface area contributed by atoms with Crippen molar-refractivity contribution in [2.75, 3.05) is 32.1 Å². The highest BCUT2D eigenvalue weighted by Crippen LogP contribution is 2.39. The first-order chi connectivity index (χ1) is 15.3. The number of hydrogen-bond donors (Lipinski definition) is 0. The van der Waals surface area contributed by atoms with Crippen LogP contribution >= 0.6 is 0 Å². The van der Waals surface area contributed by atoms with Gasteiger partial charge in [0.25, 0.3) is 5.91 Å². The Labute approximate surface area is 190 Å². The van der Waals surface area contributed by atoms with Crippen LogP contribution in [-0.4, -0.2) is 64.8 Å². The van der Waals surface area contributed by atoms with Crippen molar-refractivity contribution >= 4 is 17.4 Å². The molecule has 0 spiro atoms.